The number of benzene rings is 3. The second-order valence-electron chi connectivity index (χ2n) is 8.17. The summed E-state index contributed by atoms with van der Waals surface area (Å²) in [5.74, 6) is -1.21. The molecule has 3 aromatic carbocycles. The lowest BCUT2D eigenvalue weighted by Gasteiger charge is -2.25. The van der Waals surface area contributed by atoms with Crippen LogP contribution in [0.5, 0.6) is 0 Å². The quantitative estimate of drug-likeness (QED) is 0.281. The molecule has 0 aliphatic heterocycles. The van der Waals surface area contributed by atoms with Gasteiger partial charge in [0.1, 0.15) is 6.04 Å². The zero-order valence-electron chi connectivity index (χ0n) is 19.0. The van der Waals surface area contributed by atoms with Gasteiger partial charge in [0.2, 0.25) is 5.91 Å². The first kappa shape index (κ1) is 24.1. The summed E-state index contributed by atoms with van der Waals surface area (Å²) in [5.41, 5.74) is 2.22. The fourth-order valence-corrected chi connectivity index (χ4v) is 4.03. The summed E-state index contributed by atoms with van der Waals surface area (Å²) in [7, 11) is 0. The van der Waals surface area contributed by atoms with Crippen molar-refractivity contribution in [1.29, 1.82) is 0 Å². The van der Waals surface area contributed by atoms with Gasteiger partial charge < -0.3 is 15.3 Å². The van der Waals surface area contributed by atoms with Crippen LogP contribution < -0.4 is 10.2 Å². The molecule has 33 heavy (non-hydrogen) atoms. The third-order valence-corrected chi connectivity index (χ3v) is 5.74. The van der Waals surface area contributed by atoms with Gasteiger partial charge in [0, 0.05) is 30.6 Å². The van der Waals surface area contributed by atoms with Crippen LogP contribution in [0.2, 0.25) is 0 Å². The smallest absolute Gasteiger partial charge is 0.326 e. The maximum absolute atomic E-state index is 12.3. The van der Waals surface area contributed by atoms with Gasteiger partial charge >= 0.3 is 5.97 Å². The molecule has 2 N–H and O–H groups in total. The van der Waals surface area contributed by atoms with Gasteiger partial charge in [-0.3, -0.25) is 4.79 Å². The van der Waals surface area contributed by atoms with Gasteiger partial charge in [-0.05, 0) is 42.7 Å². The zero-order valence-corrected chi connectivity index (χ0v) is 19.0. The van der Waals surface area contributed by atoms with E-state index < -0.39 is 12.0 Å². The Hall–Kier alpha value is -3.60. The number of nitrogens with zero attached hydrogens (tertiary/aromatic N) is 1. The number of aliphatic carboxylic acids is 1. The summed E-state index contributed by atoms with van der Waals surface area (Å²) >= 11 is 0. The fourth-order valence-electron chi connectivity index (χ4n) is 4.03. The molecule has 172 valence electrons. The van der Waals surface area contributed by atoms with Crippen molar-refractivity contribution in [3.05, 3.63) is 91.0 Å². The second-order valence-corrected chi connectivity index (χ2v) is 8.17. The number of unbranched alkanes of at least 4 members (excludes halogenated alkanes) is 1. The van der Waals surface area contributed by atoms with Gasteiger partial charge in [-0.15, -0.1) is 6.58 Å². The van der Waals surface area contributed by atoms with E-state index in [4.69, 9.17) is 0 Å². The monoisotopic (exact) mass is 444 g/mol. The number of amides is 1. The number of rotatable bonds is 13. The SMILES string of the molecule is C=CCN(CCCCC(NC(=O)CCc1ccccc1)C(=O)O)c1cccc2ccccc12. The molecular formula is C28H32N2O3. The second kappa shape index (κ2) is 12.4. The van der Waals surface area contributed by atoms with Crippen molar-refractivity contribution >= 4 is 28.3 Å². The Morgan fingerprint density at radius 3 is 2.45 bits per heavy atom. The number of carbonyl (C=O) groups excluding carboxylic acids is 1. The van der Waals surface area contributed by atoms with Crippen LogP contribution in [0, 0.1) is 0 Å². The zero-order chi connectivity index (χ0) is 23.5. The molecule has 0 radical (unpaired) electrons. The molecule has 0 aliphatic rings. The molecule has 5 heteroatoms. The van der Waals surface area contributed by atoms with Crippen LogP contribution in [0.3, 0.4) is 0 Å². The molecule has 1 amide bonds. The first-order valence-electron chi connectivity index (χ1n) is 11.5. The first-order chi connectivity index (χ1) is 16.1. The van der Waals surface area contributed by atoms with Crippen LogP contribution in [-0.2, 0) is 16.0 Å². The molecule has 3 aromatic rings. The lowest BCUT2D eigenvalue weighted by molar-refractivity contribution is -0.142. The van der Waals surface area contributed by atoms with Gasteiger partial charge in [0.05, 0.1) is 0 Å². The van der Waals surface area contributed by atoms with E-state index in [0.29, 0.717) is 25.8 Å². The molecule has 1 unspecified atom stereocenters. The third kappa shape index (κ3) is 7.21. The summed E-state index contributed by atoms with van der Waals surface area (Å²) in [4.78, 5) is 26.2. The van der Waals surface area contributed by atoms with Gasteiger partial charge in [0.25, 0.3) is 0 Å². The van der Waals surface area contributed by atoms with Crippen molar-refractivity contribution in [2.45, 2.75) is 38.1 Å². The minimum Gasteiger partial charge on any atom is -0.480 e. The Labute approximate surface area is 195 Å². The van der Waals surface area contributed by atoms with Crippen LogP contribution >= 0.6 is 0 Å². The van der Waals surface area contributed by atoms with E-state index in [2.05, 4.69) is 47.1 Å². The summed E-state index contributed by atoms with van der Waals surface area (Å²) in [6, 6.07) is 23.4. The Balaban J connectivity index is 1.51. The lowest BCUT2D eigenvalue weighted by atomic mass is 10.1. The molecular weight excluding hydrogens is 412 g/mol. The standard InChI is InChI=1S/C28H32N2O3/c1-2-20-30(26-17-10-14-23-13-6-7-15-24(23)26)21-9-8-16-25(28(32)33)29-27(31)19-18-22-11-4-3-5-12-22/h2-7,10-15,17,25H,1,8-9,16,18-21H2,(H,29,31)(H,32,33). The van der Waals surface area contributed by atoms with Crippen molar-refractivity contribution in [3.8, 4) is 0 Å². The topological polar surface area (TPSA) is 69.6 Å². The van der Waals surface area contributed by atoms with E-state index in [0.717, 1.165) is 24.2 Å². The number of nitrogens with one attached hydrogen (secondary N) is 1. The summed E-state index contributed by atoms with van der Waals surface area (Å²) in [6.45, 7) is 5.39. The van der Waals surface area contributed by atoms with Gasteiger partial charge in [-0.2, -0.15) is 0 Å². The normalized spacial score (nSPS) is 11.6. The highest BCUT2D eigenvalue weighted by Gasteiger charge is 2.19. The average molecular weight is 445 g/mol. The van der Waals surface area contributed by atoms with Crippen LogP contribution in [0.25, 0.3) is 10.8 Å². The number of fused-ring (bicyclic) bond motifs is 1. The molecule has 0 bridgehead atoms. The molecule has 0 spiro atoms. The van der Waals surface area contributed by atoms with Crippen molar-refractivity contribution in [3.63, 3.8) is 0 Å². The summed E-state index contributed by atoms with van der Waals surface area (Å²) < 4.78 is 0. The molecule has 0 saturated heterocycles. The van der Waals surface area contributed by atoms with Crippen molar-refractivity contribution in [2.24, 2.45) is 0 Å². The Morgan fingerprint density at radius 1 is 0.970 bits per heavy atom. The summed E-state index contributed by atoms with van der Waals surface area (Å²) in [5, 5.41) is 14.6. The van der Waals surface area contributed by atoms with E-state index in [-0.39, 0.29) is 12.3 Å². The number of aryl methyl sites for hydroxylation is 1. The van der Waals surface area contributed by atoms with E-state index in [1.165, 1.54) is 10.8 Å². The molecule has 1 atom stereocenters. The van der Waals surface area contributed by atoms with Crippen LogP contribution in [0.4, 0.5) is 5.69 Å². The van der Waals surface area contributed by atoms with Crippen LogP contribution in [-0.4, -0.2) is 36.1 Å². The highest BCUT2D eigenvalue weighted by atomic mass is 16.4. The van der Waals surface area contributed by atoms with Crippen LogP contribution in [0.15, 0.2) is 85.5 Å². The van der Waals surface area contributed by atoms with Gasteiger partial charge in [-0.25, -0.2) is 4.79 Å². The van der Waals surface area contributed by atoms with E-state index in [1.807, 2.05) is 48.5 Å². The highest BCUT2D eigenvalue weighted by molar-refractivity contribution is 5.94. The maximum atomic E-state index is 12.3. The number of hydrogen-bond donors (Lipinski definition) is 2. The third-order valence-electron chi connectivity index (χ3n) is 5.74. The molecule has 0 aliphatic carbocycles. The molecule has 0 fully saturated rings. The fraction of sp³-hybridized carbons (Fsp3) is 0.286. The van der Waals surface area contributed by atoms with E-state index in [1.54, 1.807) is 0 Å². The molecule has 5 nitrogen and oxygen atoms in total. The first-order valence-corrected chi connectivity index (χ1v) is 11.5. The maximum Gasteiger partial charge on any atom is 0.326 e. The molecule has 0 aromatic heterocycles. The van der Waals surface area contributed by atoms with Gasteiger partial charge in [0.15, 0.2) is 0 Å². The van der Waals surface area contributed by atoms with E-state index in [9.17, 15) is 14.7 Å². The molecule has 3 rings (SSSR count). The number of hydrogen-bond acceptors (Lipinski definition) is 3. The van der Waals surface area contributed by atoms with Crippen molar-refractivity contribution < 1.29 is 14.7 Å². The number of carboxylic acid groups (broad SMARTS) is 1. The number of anilines is 1. The minimum atomic E-state index is -0.986. The Bertz CT molecular complexity index is 1060. The summed E-state index contributed by atoms with van der Waals surface area (Å²) in [6.07, 6.45) is 4.69. The number of carbonyl (C=O) groups is 2. The lowest BCUT2D eigenvalue weighted by Crippen LogP contribution is -2.41. The Kier molecular flexibility index (Phi) is 9.07. The largest absolute Gasteiger partial charge is 0.480 e. The van der Waals surface area contributed by atoms with Crippen molar-refractivity contribution in [1.82, 2.24) is 5.32 Å². The average Bonchev–Trinajstić information content (AvgIpc) is 2.84. The predicted molar refractivity (Wildman–Crippen MR) is 135 cm³/mol. The van der Waals surface area contributed by atoms with Crippen molar-refractivity contribution in [2.75, 3.05) is 18.0 Å². The predicted octanol–water partition coefficient (Wildman–Crippen LogP) is 5.20. The molecule has 0 saturated carbocycles. The Morgan fingerprint density at radius 2 is 1.70 bits per heavy atom. The molecule has 0 heterocycles. The van der Waals surface area contributed by atoms with E-state index >= 15 is 0 Å². The van der Waals surface area contributed by atoms with Gasteiger partial charge in [-0.1, -0.05) is 72.8 Å². The van der Waals surface area contributed by atoms with Crippen LogP contribution in [0.1, 0.15) is 31.2 Å². The highest BCUT2D eigenvalue weighted by Crippen LogP contribution is 2.27. The minimum absolute atomic E-state index is 0.227. The number of carboxylic acids is 1.